The lowest BCUT2D eigenvalue weighted by Crippen LogP contribution is -2.24. The minimum Gasteiger partial charge on any atom is -0.411 e. The fraction of sp³-hybridized carbons (Fsp3) is 0.167. The molecule has 0 saturated heterocycles. The zero-order valence-electron chi connectivity index (χ0n) is 13.5. The van der Waals surface area contributed by atoms with Gasteiger partial charge in [-0.2, -0.15) is 0 Å². The molecule has 1 amide bonds. The van der Waals surface area contributed by atoms with Gasteiger partial charge < -0.3 is 9.73 Å². The van der Waals surface area contributed by atoms with Crippen LogP contribution < -0.4 is 5.32 Å². The standard InChI is InChI=1S/C18H16ClN3O2S/c1-12-6-8-13(9-7-12)10-20-16(23)11-25-18-22-21-17(24-18)14-4-2-3-5-15(14)19/h2-9H,10-11H2,1H3,(H,20,23). The molecule has 1 heterocycles. The van der Waals surface area contributed by atoms with E-state index in [2.05, 4.69) is 15.5 Å². The molecule has 0 spiro atoms. The van der Waals surface area contributed by atoms with E-state index in [1.165, 1.54) is 17.3 Å². The topological polar surface area (TPSA) is 68.0 Å². The monoisotopic (exact) mass is 373 g/mol. The Morgan fingerprint density at radius 1 is 1.16 bits per heavy atom. The molecule has 0 aliphatic heterocycles. The third-order valence-electron chi connectivity index (χ3n) is 3.45. The third kappa shape index (κ3) is 4.84. The van der Waals surface area contributed by atoms with Gasteiger partial charge in [-0.15, -0.1) is 10.2 Å². The van der Waals surface area contributed by atoms with Gasteiger partial charge in [-0.3, -0.25) is 4.79 Å². The number of nitrogens with zero attached hydrogens (tertiary/aromatic N) is 2. The van der Waals surface area contributed by atoms with Gasteiger partial charge >= 0.3 is 0 Å². The first kappa shape index (κ1) is 17.5. The van der Waals surface area contributed by atoms with Crippen molar-refractivity contribution in [2.75, 3.05) is 5.75 Å². The summed E-state index contributed by atoms with van der Waals surface area (Å²) >= 11 is 7.30. The summed E-state index contributed by atoms with van der Waals surface area (Å²) in [5.74, 6) is 0.451. The molecule has 0 aliphatic rings. The Bertz CT molecular complexity index is 865. The lowest BCUT2D eigenvalue weighted by Gasteiger charge is -2.04. The van der Waals surface area contributed by atoms with Gasteiger partial charge in [-0.05, 0) is 24.6 Å². The minimum absolute atomic E-state index is 0.0944. The summed E-state index contributed by atoms with van der Waals surface area (Å²) in [5, 5.41) is 11.7. The first-order valence-electron chi connectivity index (χ1n) is 7.65. The molecule has 2 aromatic carbocycles. The van der Waals surface area contributed by atoms with Gasteiger partial charge in [0.25, 0.3) is 5.22 Å². The predicted octanol–water partition coefficient (Wildman–Crippen LogP) is 4.11. The zero-order valence-corrected chi connectivity index (χ0v) is 15.1. The van der Waals surface area contributed by atoms with Crippen molar-refractivity contribution in [1.29, 1.82) is 0 Å². The van der Waals surface area contributed by atoms with E-state index in [-0.39, 0.29) is 11.7 Å². The van der Waals surface area contributed by atoms with E-state index in [1.807, 2.05) is 43.3 Å². The number of rotatable bonds is 6. The first-order chi connectivity index (χ1) is 12.1. The molecule has 0 bridgehead atoms. The number of halogens is 1. The van der Waals surface area contributed by atoms with Gasteiger partial charge in [0.05, 0.1) is 16.3 Å². The Morgan fingerprint density at radius 2 is 1.92 bits per heavy atom. The Hall–Kier alpha value is -2.31. The highest BCUT2D eigenvalue weighted by molar-refractivity contribution is 7.99. The number of hydrogen-bond acceptors (Lipinski definition) is 5. The van der Waals surface area contributed by atoms with Crippen molar-refractivity contribution in [2.45, 2.75) is 18.7 Å². The number of aromatic nitrogens is 2. The Balaban J connectivity index is 1.51. The van der Waals surface area contributed by atoms with Crippen molar-refractivity contribution in [1.82, 2.24) is 15.5 Å². The number of aryl methyl sites for hydroxylation is 1. The molecule has 128 valence electrons. The molecule has 7 heteroatoms. The minimum atomic E-state index is -0.0944. The molecule has 0 aliphatic carbocycles. The molecular weight excluding hydrogens is 358 g/mol. The SMILES string of the molecule is Cc1ccc(CNC(=O)CSc2nnc(-c3ccccc3Cl)o2)cc1. The largest absolute Gasteiger partial charge is 0.411 e. The van der Waals surface area contributed by atoms with Gasteiger partial charge in [0.15, 0.2) is 0 Å². The Labute approximate surface area is 154 Å². The molecular formula is C18H16ClN3O2S. The number of benzene rings is 2. The maximum Gasteiger partial charge on any atom is 0.277 e. The molecule has 5 nitrogen and oxygen atoms in total. The highest BCUT2D eigenvalue weighted by Crippen LogP contribution is 2.28. The van der Waals surface area contributed by atoms with E-state index in [0.717, 1.165) is 5.56 Å². The Kier molecular flexibility index (Phi) is 5.73. The summed E-state index contributed by atoms with van der Waals surface area (Å²) in [6.07, 6.45) is 0. The van der Waals surface area contributed by atoms with Crippen LogP contribution in [0.25, 0.3) is 11.5 Å². The second kappa shape index (κ2) is 8.18. The lowest BCUT2D eigenvalue weighted by molar-refractivity contribution is -0.118. The molecule has 1 aromatic heterocycles. The number of carbonyl (C=O) groups excluding carboxylic acids is 1. The smallest absolute Gasteiger partial charge is 0.277 e. The third-order valence-corrected chi connectivity index (χ3v) is 4.60. The summed E-state index contributed by atoms with van der Waals surface area (Å²) in [7, 11) is 0. The fourth-order valence-corrected chi connectivity index (χ4v) is 2.91. The van der Waals surface area contributed by atoms with Crippen molar-refractivity contribution < 1.29 is 9.21 Å². The van der Waals surface area contributed by atoms with Crippen LogP contribution in [0.5, 0.6) is 0 Å². The van der Waals surface area contributed by atoms with Crippen LogP contribution in [0.4, 0.5) is 0 Å². The quantitative estimate of drug-likeness (QED) is 0.658. The van der Waals surface area contributed by atoms with Gasteiger partial charge in [0.1, 0.15) is 0 Å². The van der Waals surface area contributed by atoms with Crippen molar-refractivity contribution in [3.63, 3.8) is 0 Å². The highest BCUT2D eigenvalue weighted by atomic mass is 35.5. The summed E-state index contributed by atoms with van der Waals surface area (Å²) in [5.41, 5.74) is 2.92. The van der Waals surface area contributed by atoms with Crippen molar-refractivity contribution in [2.24, 2.45) is 0 Å². The molecule has 0 fully saturated rings. The molecule has 0 radical (unpaired) electrons. The lowest BCUT2D eigenvalue weighted by atomic mass is 10.1. The summed E-state index contributed by atoms with van der Waals surface area (Å²) < 4.78 is 5.55. The van der Waals surface area contributed by atoms with E-state index in [0.29, 0.717) is 28.2 Å². The number of amides is 1. The van der Waals surface area contributed by atoms with Crippen molar-refractivity contribution in [3.05, 3.63) is 64.7 Å². The molecule has 0 atom stereocenters. The maximum atomic E-state index is 11.9. The average molecular weight is 374 g/mol. The van der Waals surface area contributed by atoms with E-state index >= 15 is 0 Å². The van der Waals surface area contributed by atoms with E-state index in [4.69, 9.17) is 16.0 Å². The summed E-state index contributed by atoms with van der Waals surface area (Å²) in [6.45, 7) is 2.52. The van der Waals surface area contributed by atoms with Crippen molar-refractivity contribution in [3.8, 4) is 11.5 Å². The van der Waals surface area contributed by atoms with E-state index in [9.17, 15) is 4.79 Å². The first-order valence-corrected chi connectivity index (χ1v) is 9.01. The number of hydrogen-bond donors (Lipinski definition) is 1. The van der Waals surface area contributed by atoms with Crippen LogP contribution in [0.2, 0.25) is 5.02 Å². The normalized spacial score (nSPS) is 10.6. The van der Waals surface area contributed by atoms with Crippen LogP contribution in [0.1, 0.15) is 11.1 Å². The van der Waals surface area contributed by atoms with E-state index in [1.54, 1.807) is 12.1 Å². The van der Waals surface area contributed by atoms with Crippen LogP contribution in [0.15, 0.2) is 58.2 Å². The molecule has 3 aromatic rings. The van der Waals surface area contributed by atoms with Gasteiger partial charge in [-0.25, -0.2) is 0 Å². The van der Waals surface area contributed by atoms with Crippen LogP contribution in [0.3, 0.4) is 0 Å². The second-order valence-electron chi connectivity index (χ2n) is 5.40. The van der Waals surface area contributed by atoms with Gasteiger partial charge in [0.2, 0.25) is 11.8 Å². The molecule has 3 rings (SSSR count). The van der Waals surface area contributed by atoms with Crippen LogP contribution in [0, 0.1) is 6.92 Å². The van der Waals surface area contributed by atoms with Crippen LogP contribution >= 0.6 is 23.4 Å². The Morgan fingerprint density at radius 3 is 2.68 bits per heavy atom. The molecule has 1 N–H and O–H groups in total. The van der Waals surface area contributed by atoms with Gasteiger partial charge in [-0.1, -0.05) is 65.3 Å². The highest BCUT2D eigenvalue weighted by Gasteiger charge is 2.13. The maximum absolute atomic E-state index is 11.9. The number of carbonyl (C=O) groups is 1. The van der Waals surface area contributed by atoms with E-state index < -0.39 is 0 Å². The second-order valence-corrected chi connectivity index (χ2v) is 6.74. The molecule has 0 saturated carbocycles. The average Bonchev–Trinajstić information content (AvgIpc) is 3.08. The summed E-state index contributed by atoms with van der Waals surface area (Å²) in [6, 6.07) is 15.3. The van der Waals surface area contributed by atoms with Crippen LogP contribution in [-0.4, -0.2) is 21.9 Å². The summed E-state index contributed by atoms with van der Waals surface area (Å²) in [4.78, 5) is 11.9. The number of nitrogens with one attached hydrogen (secondary N) is 1. The van der Waals surface area contributed by atoms with Crippen LogP contribution in [-0.2, 0) is 11.3 Å². The molecule has 0 unspecified atom stereocenters. The zero-order chi connectivity index (χ0) is 17.6. The van der Waals surface area contributed by atoms with Crippen molar-refractivity contribution >= 4 is 29.3 Å². The molecule has 25 heavy (non-hydrogen) atoms. The number of thioether (sulfide) groups is 1. The predicted molar refractivity (Wildman–Crippen MR) is 98.5 cm³/mol. The fourth-order valence-electron chi connectivity index (χ4n) is 2.10. The van der Waals surface area contributed by atoms with Gasteiger partial charge in [0, 0.05) is 6.54 Å².